The van der Waals surface area contributed by atoms with Gasteiger partial charge in [-0.3, -0.25) is 0 Å². The second kappa shape index (κ2) is 5.64. The van der Waals surface area contributed by atoms with E-state index in [9.17, 15) is 18.0 Å². The van der Waals surface area contributed by atoms with Crippen molar-refractivity contribution in [3.63, 3.8) is 0 Å². The summed E-state index contributed by atoms with van der Waals surface area (Å²) in [7, 11) is 0. The van der Waals surface area contributed by atoms with Crippen LogP contribution in [0.1, 0.15) is 15.9 Å². The third-order valence-electron chi connectivity index (χ3n) is 2.58. The number of esters is 1. The Kier molecular flexibility index (Phi) is 3.93. The summed E-state index contributed by atoms with van der Waals surface area (Å²) in [5.74, 6) is -3.18. The molecule has 0 saturated carbocycles. The largest absolute Gasteiger partial charge is 0.457 e. The fourth-order valence-corrected chi connectivity index (χ4v) is 1.57. The van der Waals surface area contributed by atoms with E-state index >= 15 is 0 Å². The van der Waals surface area contributed by atoms with Gasteiger partial charge in [-0.25, -0.2) is 18.0 Å². The Morgan fingerprint density at radius 1 is 1.05 bits per heavy atom. The van der Waals surface area contributed by atoms with Crippen molar-refractivity contribution in [2.75, 3.05) is 5.73 Å². The number of benzene rings is 2. The molecule has 0 amide bonds. The predicted molar refractivity (Wildman–Crippen MR) is 66.3 cm³/mol. The van der Waals surface area contributed by atoms with Gasteiger partial charge in [-0.05, 0) is 36.4 Å². The maximum absolute atomic E-state index is 13.4. The first-order chi connectivity index (χ1) is 9.47. The van der Waals surface area contributed by atoms with E-state index < -0.39 is 30.0 Å². The van der Waals surface area contributed by atoms with Crippen LogP contribution in [0.2, 0.25) is 0 Å². The predicted octanol–water partition coefficient (Wildman–Crippen LogP) is 3.04. The summed E-state index contributed by atoms with van der Waals surface area (Å²) in [5.41, 5.74) is 5.13. The van der Waals surface area contributed by atoms with Gasteiger partial charge >= 0.3 is 5.97 Å². The topological polar surface area (TPSA) is 52.3 Å². The molecule has 0 aliphatic rings. The van der Waals surface area contributed by atoms with Gasteiger partial charge in [0.2, 0.25) is 0 Å². The minimum absolute atomic E-state index is 0.136. The van der Waals surface area contributed by atoms with Crippen LogP contribution in [-0.2, 0) is 11.3 Å². The van der Waals surface area contributed by atoms with Crippen molar-refractivity contribution in [1.82, 2.24) is 0 Å². The molecule has 20 heavy (non-hydrogen) atoms. The monoisotopic (exact) mass is 281 g/mol. The van der Waals surface area contributed by atoms with Crippen molar-refractivity contribution in [2.24, 2.45) is 0 Å². The second-order valence-electron chi connectivity index (χ2n) is 4.05. The minimum Gasteiger partial charge on any atom is -0.457 e. The number of carbonyl (C=O) groups is 1. The van der Waals surface area contributed by atoms with Crippen molar-refractivity contribution in [1.29, 1.82) is 0 Å². The third kappa shape index (κ3) is 3.09. The van der Waals surface area contributed by atoms with E-state index in [1.807, 2.05) is 0 Å². The van der Waals surface area contributed by atoms with Gasteiger partial charge in [-0.2, -0.15) is 0 Å². The lowest BCUT2D eigenvalue weighted by Gasteiger charge is -2.07. The number of rotatable bonds is 3. The summed E-state index contributed by atoms with van der Waals surface area (Å²) < 4.78 is 44.4. The summed E-state index contributed by atoms with van der Waals surface area (Å²) in [6.07, 6.45) is 0. The number of halogens is 3. The quantitative estimate of drug-likeness (QED) is 0.695. The maximum Gasteiger partial charge on any atom is 0.341 e. The van der Waals surface area contributed by atoms with Crippen LogP contribution in [0.25, 0.3) is 0 Å². The average molecular weight is 281 g/mol. The molecular weight excluding hydrogens is 271 g/mol. The zero-order valence-electron chi connectivity index (χ0n) is 10.2. The van der Waals surface area contributed by atoms with Crippen LogP contribution >= 0.6 is 0 Å². The van der Waals surface area contributed by atoms with E-state index in [1.165, 1.54) is 6.07 Å². The maximum atomic E-state index is 13.4. The molecule has 0 heterocycles. The summed E-state index contributed by atoms with van der Waals surface area (Å²) in [5, 5.41) is 0. The molecule has 0 aromatic heterocycles. The Labute approximate surface area is 112 Å². The van der Waals surface area contributed by atoms with Crippen LogP contribution in [0.3, 0.4) is 0 Å². The molecule has 104 valence electrons. The lowest BCUT2D eigenvalue weighted by molar-refractivity contribution is 0.0463. The molecule has 6 heteroatoms. The Hall–Kier alpha value is -2.50. The van der Waals surface area contributed by atoms with Gasteiger partial charge < -0.3 is 10.5 Å². The highest BCUT2D eigenvalue weighted by atomic mass is 19.1. The van der Waals surface area contributed by atoms with Crippen LogP contribution in [0.5, 0.6) is 0 Å². The third-order valence-corrected chi connectivity index (χ3v) is 2.58. The Balaban J connectivity index is 2.12. The summed E-state index contributed by atoms with van der Waals surface area (Å²) in [6.45, 7) is -0.503. The molecule has 0 atom stereocenters. The average Bonchev–Trinajstić information content (AvgIpc) is 2.42. The smallest absolute Gasteiger partial charge is 0.341 e. The Morgan fingerprint density at radius 3 is 2.50 bits per heavy atom. The number of hydrogen-bond acceptors (Lipinski definition) is 3. The van der Waals surface area contributed by atoms with Crippen LogP contribution < -0.4 is 5.73 Å². The molecule has 0 saturated heterocycles. The normalized spacial score (nSPS) is 10.3. The van der Waals surface area contributed by atoms with Crippen LogP contribution in [0.15, 0.2) is 36.4 Å². The molecule has 2 aromatic carbocycles. The molecule has 0 fully saturated rings. The molecule has 2 N–H and O–H groups in total. The van der Waals surface area contributed by atoms with E-state index in [-0.39, 0.29) is 16.8 Å². The van der Waals surface area contributed by atoms with Crippen molar-refractivity contribution >= 4 is 11.7 Å². The fourth-order valence-electron chi connectivity index (χ4n) is 1.57. The van der Waals surface area contributed by atoms with Crippen molar-refractivity contribution in [3.8, 4) is 0 Å². The second-order valence-corrected chi connectivity index (χ2v) is 4.05. The first-order valence-electron chi connectivity index (χ1n) is 5.63. The number of nitrogen functional groups attached to an aromatic ring is 1. The van der Waals surface area contributed by atoms with Crippen LogP contribution in [0, 0.1) is 17.5 Å². The number of carbonyl (C=O) groups excluding carboxylic acids is 1. The highest BCUT2D eigenvalue weighted by molar-refractivity contribution is 5.90. The molecular formula is C14H10F3NO2. The Morgan fingerprint density at radius 2 is 1.75 bits per heavy atom. The standard InChI is InChI=1S/C14H10F3NO2/c15-9-1-3-12(16)8(5-9)7-20-14(19)11-6-10(18)2-4-13(11)17/h1-6H,7,18H2. The van der Waals surface area contributed by atoms with Gasteiger partial charge in [0.05, 0.1) is 5.56 Å². The van der Waals surface area contributed by atoms with Gasteiger partial charge in [0.1, 0.15) is 24.1 Å². The van der Waals surface area contributed by atoms with Gasteiger partial charge in [-0.1, -0.05) is 0 Å². The molecule has 0 bridgehead atoms. The van der Waals surface area contributed by atoms with Crippen LogP contribution in [-0.4, -0.2) is 5.97 Å². The molecule has 0 aliphatic carbocycles. The molecule has 0 spiro atoms. The molecule has 2 aromatic rings. The van der Waals surface area contributed by atoms with Gasteiger partial charge in [-0.15, -0.1) is 0 Å². The molecule has 0 radical (unpaired) electrons. The highest BCUT2D eigenvalue weighted by Gasteiger charge is 2.15. The summed E-state index contributed by atoms with van der Waals surface area (Å²) in [6, 6.07) is 6.18. The van der Waals surface area contributed by atoms with E-state index in [0.717, 1.165) is 30.3 Å². The van der Waals surface area contributed by atoms with E-state index in [0.29, 0.717) is 0 Å². The number of hydrogen-bond donors (Lipinski definition) is 1. The van der Waals surface area contributed by atoms with Crippen molar-refractivity contribution < 1.29 is 22.7 Å². The molecule has 0 unspecified atom stereocenters. The van der Waals surface area contributed by atoms with Crippen LogP contribution in [0.4, 0.5) is 18.9 Å². The first kappa shape index (κ1) is 13.9. The summed E-state index contributed by atoms with van der Waals surface area (Å²) >= 11 is 0. The first-order valence-corrected chi connectivity index (χ1v) is 5.63. The van der Waals surface area contributed by atoms with Gasteiger partial charge in [0.25, 0.3) is 0 Å². The summed E-state index contributed by atoms with van der Waals surface area (Å²) in [4.78, 5) is 11.7. The molecule has 3 nitrogen and oxygen atoms in total. The highest BCUT2D eigenvalue weighted by Crippen LogP contribution is 2.16. The lowest BCUT2D eigenvalue weighted by atomic mass is 10.2. The zero-order chi connectivity index (χ0) is 14.7. The van der Waals surface area contributed by atoms with Crippen molar-refractivity contribution in [3.05, 3.63) is 65.0 Å². The van der Waals surface area contributed by atoms with E-state index in [1.54, 1.807) is 0 Å². The SMILES string of the molecule is Nc1ccc(F)c(C(=O)OCc2cc(F)ccc2F)c1. The number of anilines is 1. The Bertz CT molecular complexity index is 659. The number of ether oxygens (including phenoxy) is 1. The number of nitrogens with two attached hydrogens (primary N) is 1. The van der Waals surface area contributed by atoms with E-state index in [2.05, 4.69) is 0 Å². The lowest BCUT2D eigenvalue weighted by Crippen LogP contribution is -2.09. The zero-order valence-corrected chi connectivity index (χ0v) is 10.2. The molecule has 0 aliphatic heterocycles. The van der Waals surface area contributed by atoms with E-state index in [4.69, 9.17) is 10.5 Å². The minimum atomic E-state index is -1.00. The van der Waals surface area contributed by atoms with Crippen molar-refractivity contribution in [2.45, 2.75) is 6.61 Å². The fraction of sp³-hybridized carbons (Fsp3) is 0.0714. The van der Waals surface area contributed by atoms with Gasteiger partial charge in [0, 0.05) is 11.3 Å². The van der Waals surface area contributed by atoms with Gasteiger partial charge in [0.15, 0.2) is 0 Å². The molecule has 2 rings (SSSR count).